The molecule has 1 N–H and O–H groups in total. The van der Waals surface area contributed by atoms with E-state index in [2.05, 4.69) is 5.32 Å². The van der Waals surface area contributed by atoms with Gasteiger partial charge in [-0.15, -0.1) is 0 Å². The molecule has 0 fully saturated rings. The van der Waals surface area contributed by atoms with E-state index < -0.39 is 60.6 Å². The molecule has 43 heavy (non-hydrogen) atoms. The maximum absolute atomic E-state index is 13.9. The Labute approximate surface area is 247 Å². The largest absolute Gasteiger partial charge is 0.493 e. The minimum Gasteiger partial charge on any atom is -0.493 e. The molecule has 0 bridgehead atoms. The quantitative estimate of drug-likeness (QED) is 0.417. The molecule has 0 aliphatic carbocycles. The maximum Gasteiger partial charge on any atom is 0.452 e. The first kappa shape index (κ1) is 33.0. The molecule has 13 heteroatoms. The van der Waals surface area contributed by atoms with E-state index in [1.807, 2.05) is 0 Å². The van der Waals surface area contributed by atoms with Crippen molar-refractivity contribution in [2.45, 2.75) is 45.5 Å². The van der Waals surface area contributed by atoms with Crippen LogP contribution < -0.4 is 19.5 Å². The summed E-state index contributed by atoms with van der Waals surface area (Å²) >= 11 is 0. The van der Waals surface area contributed by atoms with E-state index in [1.54, 1.807) is 32.0 Å². The second-order valence-electron chi connectivity index (χ2n) is 10.1. The minimum absolute atomic E-state index is 0.0771. The van der Waals surface area contributed by atoms with Gasteiger partial charge in [0.2, 0.25) is 17.6 Å². The summed E-state index contributed by atoms with van der Waals surface area (Å²) in [5.41, 5.74) is 0.763. The van der Waals surface area contributed by atoms with Gasteiger partial charge < -0.3 is 24.4 Å². The number of nitrogens with one attached hydrogen (secondary N) is 1. The van der Waals surface area contributed by atoms with Crippen LogP contribution in [0, 0.1) is 5.92 Å². The van der Waals surface area contributed by atoms with Gasteiger partial charge >= 0.3 is 6.18 Å². The number of hydrogen-bond acceptors (Lipinski definition) is 7. The standard InChI is InChI=1S/C30H34F3N3O7/c1-17(2)26-29(40)36(16-25(38)34-21(28(39)30(31,32)33)12-19-10-8-7-9-11-19)22(15-35(26)18(3)37)20-13-23(41-4)27(43-6)24(14-20)42-5/h7-11,13-15,17,21,26H,12,16H2,1-6H3,(H,34,38)/t21-,26-/m0/s1. The number of hydrogen-bond donors (Lipinski definition) is 1. The Balaban J connectivity index is 2.07. The summed E-state index contributed by atoms with van der Waals surface area (Å²) in [5, 5.41) is 2.17. The highest BCUT2D eigenvalue weighted by Gasteiger charge is 2.45. The van der Waals surface area contributed by atoms with Crippen molar-refractivity contribution < 1.29 is 46.6 Å². The highest BCUT2D eigenvalue weighted by Crippen LogP contribution is 2.41. The van der Waals surface area contributed by atoms with Gasteiger partial charge in [0, 0.05) is 25.1 Å². The molecule has 0 saturated heterocycles. The Kier molecular flexibility index (Phi) is 10.4. The molecular weight excluding hydrogens is 571 g/mol. The fraction of sp³-hybridized carbons (Fsp3) is 0.400. The van der Waals surface area contributed by atoms with Crippen LogP contribution in [0.5, 0.6) is 17.2 Å². The average Bonchev–Trinajstić information content (AvgIpc) is 2.96. The number of carbonyl (C=O) groups is 4. The van der Waals surface area contributed by atoms with Gasteiger partial charge in [-0.1, -0.05) is 44.2 Å². The van der Waals surface area contributed by atoms with Crippen LogP contribution in [0.25, 0.3) is 5.70 Å². The first-order valence-electron chi connectivity index (χ1n) is 13.3. The van der Waals surface area contributed by atoms with Crippen molar-refractivity contribution in [3.05, 3.63) is 59.8 Å². The first-order valence-corrected chi connectivity index (χ1v) is 13.3. The van der Waals surface area contributed by atoms with Crippen LogP contribution in [0.4, 0.5) is 13.2 Å². The monoisotopic (exact) mass is 605 g/mol. The molecule has 1 aliphatic rings. The molecule has 2 aromatic rings. The third-order valence-corrected chi connectivity index (χ3v) is 6.84. The van der Waals surface area contributed by atoms with Crippen molar-refractivity contribution in [3.63, 3.8) is 0 Å². The first-order chi connectivity index (χ1) is 20.2. The van der Waals surface area contributed by atoms with Crippen LogP contribution in [0.15, 0.2) is 48.7 Å². The summed E-state index contributed by atoms with van der Waals surface area (Å²) in [7, 11) is 4.17. The zero-order chi connectivity index (χ0) is 32.1. The van der Waals surface area contributed by atoms with Crippen molar-refractivity contribution in [1.82, 2.24) is 15.1 Å². The minimum atomic E-state index is -5.21. The van der Waals surface area contributed by atoms with Crippen LogP contribution in [-0.4, -0.2) is 79.4 Å². The fourth-order valence-corrected chi connectivity index (χ4v) is 4.83. The normalized spacial score (nSPS) is 16.0. The van der Waals surface area contributed by atoms with Crippen molar-refractivity contribution in [2.24, 2.45) is 5.92 Å². The van der Waals surface area contributed by atoms with E-state index in [-0.39, 0.29) is 28.5 Å². The second-order valence-corrected chi connectivity index (χ2v) is 10.1. The van der Waals surface area contributed by atoms with E-state index in [0.717, 1.165) is 4.90 Å². The number of alkyl halides is 3. The Morgan fingerprint density at radius 1 is 0.977 bits per heavy atom. The molecule has 10 nitrogen and oxygen atoms in total. The summed E-state index contributed by atoms with van der Waals surface area (Å²) in [6, 6.07) is 8.00. The second kappa shape index (κ2) is 13.6. The summed E-state index contributed by atoms with van der Waals surface area (Å²) in [4.78, 5) is 54.4. The zero-order valence-corrected chi connectivity index (χ0v) is 24.7. The topological polar surface area (TPSA) is 114 Å². The van der Waals surface area contributed by atoms with E-state index in [4.69, 9.17) is 14.2 Å². The van der Waals surface area contributed by atoms with Gasteiger partial charge in [-0.25, -0.2) is 0 Å². The van der Waals surface area contributed by atoms with E-state index in [0.29, 0.717) is 5.56 Å². The van der Waals surface area contributed by atoms with Gasteiger partial charge in [0.05, 0.1) is 27.0 Å². The number of halogens is 3. The van der Waals surface area contributed by atoms with Crippen LogP contribution in [0.3, 0.4) is 0 Å². The predicted molar refractivity (Wildman–Crippen MR) is 150 cm³/mol. The number of methoxy groups -OCH3 is 3. The van der Waals surface area contributed by atoms with E-state index in [9.17, 15) is 32.3 Å². The van der Waals surface area contributed by atoms with Crippen LogP contribution in [-0.2, 0) is 25.6 Å². The SMILES string of the molecule is COc1cc(C2=CN(C(C)=O)[C@@H](C(C)C)C(=O)N2CC(=O)N[C@@H](Cc2ccccc2)C(=O)C(F)(F)F)cc(OC)c1OC. The summed E-state index contributed by atoms with van der Waals surface area (Å²) in [6.07, 6.45) is -4.23. The lowest BCUT2D eigenvalue weighted by atomic mass is 9.96. The Morgan fingerprint density at radius 3 is 2.02 bits per heavy atom. The van der Waals surface area contributed by atoms with Gasteiger partial charge in [-0.2, -0.15) is 13.2 Å². The third-order valence-electron chi connectivity index (χ3n) is 6.84. The molecule has 0 spiro atoms. The summed E-state index contributed by atoms with van der Waals surface area (Å²) < 4.78 is 56.6. The van der Waals surface area contributed by atoms with Crippen molar-refractivity contribution >= 4 is 29.2 Å². The lowest BCUT2D eigenvalue weighted by molar-refractivity contribution is -0.173. The van der Waals surface area contributed by atoms with Crippen LogP contribution in [0.1, 0.15) is 31.9 Å². The number of ether oxygens (including phenoxy) is 3. The van der Waals surface area contributed by atoms with Crippen molar-refractivity contribution in [1.29, 1.82) is 0 Å². The Hall–Kier alpha value is -4.55. The predicted octanol–water partition coefficient (Wildman–Crippen LogP) is 3.59. The molecule has 0 radical (unpaired) electrons. The van der Waals surface area contributed by atoms with Crippen molar-refractivity contribution in [2.75, 3.05) is 27.9 Å². The van der Waals surface area contributed by atoms with E-state index >= 15 is 0 Å². The molecule has 1 heterocycles. The molecular formula is C30H34F3N3O7. The summed E-state index contributed by atoms with van der Waals surface area (Å²) in [5.74, 6) is -3.94. The van der Waals surface area contributed by atoms with E-state index in [1.165, 1.54) is 63.6 Å². The smallest absolute Gasteiger partial charge is 0.452 e. The molecule has 2 atom stereocenters. The molecule has 232 valence electrons. The number of benzene rings is 2. The van der Waals surface area contributed by atoms with Crippen molar-refractivity contribution in [3.8, 4) is 17.2 Å². The molecule has 0 unspecified atom stereocenters. The van der Waals surface area contributed by atoms with Crippen LogP contribution >= 0.6 is 0 Å². The van der Waals surface area contributed by atoms with Gasteiger partial charge in [0.1, 0.15) is 18.6 Å². The summed E-state index contributed by atoms with van der Waals surface area (Å²) in [6.45, 7) is 3.97. The highest BCUT2D eigenvalue weighted by molar-refractivity contribution is 6.00. The molecule has 3 rings (SSSR count). The van der Waals surface area contributed by atoms with Gasteiger partial charge in [0.25, 0.3) is 11.7 Å². The Morgan fingerprint density at radius 2 is 1.56 bits per heavy atom. The average molecular weight is 606 g/mol. The van der Waals surface area contributed by atoms with Gasteiger partial charge in [-0.05, 0) is 23.6 Å². The molecule has 1 aliphatic heterocycles. The lowest BCUT2D eigenvalue weighted by Gasteiger charge is -2.40. The molecule has 2 aromatic carbocycles. The number of rotatable bonds is 11. The number of ketones is 1. The van der Waals surface area contributed by atoms with Gasteiger partial charge in [0.15, 0.2) is 11.5 Å². The fourth-order valence-electron chi connectivity index (χ4n) is 4.83. The van der Waals surface area contributed by atoms with Gasteiger partial charge in [-0.3, -0.25) is 24.1 Å². The molecule has 0 saturated carbocycles. The molecule has 3 amide bonds. The highest BCUT2D eigenvalue weighted by atomic mass is 19.4. The number of nitrogens with zero attached hydrogens (tertiary/aromatic N) is 2. The maximum atomic E-state index is 13.9. The Bertz CT molecular complexity index is 1370. The number of carbonyl (C=O) groups excluding carboxylic acids is 4. The number of Topliss-reactive ketones (excluding diaryl/α,β-unsaturated/α-hetero) is 1. The zero-order valence-electron chi connectivity index (χ0n) is 24.7. The molecule has 0 aromatic heterocycles. The lowest BCUT2D eigenvalue weighted by Crippen LogP contribution is -2.57. The third kappa shape index (κ3) is 7.46. The number of amides is 3. The van der Waals surface area contributed by atoms with Crippen LogP contribution in [0.2, 0.25) is 0 Å².